The first-order chi connectivity index (χ1) is 10.9. The third kappa shape index (κ3) is 3.66. The molecule has 114 valence electrons. The van der Waals surface area contributed by atoms with Crippen LogP contribution in [0.4, 0.5) is 0 Å². The van der Waals surface area contributed by atoms with Crippen LogP contribution in [0.25, 0.3) is 0 Å². The fraction of sp³-hybridized carbons (Fsp3) is 0.421. The van der Waals surface area contributed by atoms with Gasteiger partial charge >= 0.3 is 0 Å². The molecule has 1 aliphatic heterocycles. The van der Waals surface area contributed by atoms with Gasteiger partial charge in [-0.05, 0) is 54.5 Å². The molecule has 1 saturated heterocycles. The lowest BCUT2D eigenvalue weighted by molar-refractivity contribution is 0.292. The summed E-state index contributed by atoms with van der Waals surface area (Å²) in [6.07, 6.45) is 7.52. The Bertz CT molecular complexity index is 607. The van der Waals surface area contributed by atoms with Gasteiger partial charge in [-0.25, -0.2) is 0 Å². The summed E-state index contributed by atoms with van der Waals surface area (Å²) in [6, 6.07) is 13.2. The molecule has 0 spiro atoms. The summed E-state index contributed by atoms with van der Waals surface area (Å²) in [5, 5.41) is 0. The van der Waals surface area contributed by atoms with Crippen molar-refractivity contribution >= 4 is 0 Å². The van der Waals surface area contributed by atoms with E-state index >= 15 is 0 Å². The predicted octanol–water partition coefficient (Wildman–Crippen LogP) is 3.15. The van der Waals surface area contributed by atoms with E-state index in [-0.39, 0.29) is 0 Å². The summed E-state index contributed by atoms with van der Waals surface area (Å²) >= 11 is 0. The third-order valence-corrected chi connectivity index (χ3v) is 4.51. The molecule has 0 N–H and O–H groups in total. The Morgan fingerprint density at radius 1 is 1.09 bits per heavy atom. The standard InChI is InChI=1S/C19H22N2O/c1-2-17(11-20-9-1)10-15-5-7-19(8-6-15)22-14-18-13-21(18)12-16-3-4-16/h1-2,5-9,11,16,18H,3-4,10,12-14H2. The Morgan fingerprint density at radius 2 is 1.95 bits per heavy atom. The molecule has 3 heteroatoms. The first kappa shape index (κ1) is 13.8. The molecular weight excluding hydrogens is 272 g/mol. The highest BCUT2D eigenvalue weighted by atomic mass is 16.5. The van der Waals surface area contributed by atoms with E-state index in [1.54, 1.807) is 0 Å². The molecule has 2 heterocycles. The second-order valence-electron chi connectivity index (χ2n) is 6.54. The molecule has 2 aromatic rings. The van der Waals surface area contributed by atoms with Crippen molar-refractivity contribution in [2.45, 2.75) is 25.3 Å². The molecule has 1 aromatic heterocycles. The number of aromatic nitrogens is 1. The number of ether oxygens (including phenoxy) is 1. The van der Waals surface area contributed by atoms with Crippen LogP contribution in [0.3, 0.4) is 0 Å². The minimum absolute atomic E-state index is 0.649. The van der Waals surface area contributed by atoms with Crippen molar-refractivity contribution in [1.29, 1.82) is 0 Å². The zero-order chi connectivity index (χ0) is 14.8. The number of hydrogen-bond acceptors (Lipinski definition) is 3. The maximum absolute atomic E-state index is 5.91. The summed E-state index contributed by atoms with van der Waals surface area (Å²) in [4.78, 5) is 6.69. The van der Waals surface area contributed by atoms with E-state index in [9.17, 15) is 0 Å². The van der Waals surface area contributed by atoms with Crippen LogP contribution in [0.1, 0.15) is 24.0 Å². The van der Waals surface area contributed by atoms with Gasteiger partial charge < -0.3 is 4.74 Å². The van der Waals surface area contributed by atoms with Crippen molar-refractivity contribution in [3.63, 3.8) is 0 Å². The lowest BCUT2D eigenvalue weighted by Gasteiger charge is -2.08. The summed E-state index contributed by atoms with van der Waals surface area (Å²) in [5.74, 6) is 1.96. The van der Waals surface area contributed by atoms with Crippen LogP contribution in [0.15, 0.2) is 48.8 Å². The Kier molecular flexibility index (Phi) is 3.81. The van der Waals surface area contributed by atoms with Gasteiger partial charge in [0.1, 0.15) is 12.4 Å². The monoisotopic (exact) mass is 294 g/mol. The van der Waals surface area contributed by atoms with Crippen molar-refractivity contribution in [2.75, 3.05) is 19.7 Å². The molecule has 1 saturated carbocycles. The van der Waals surface area contributed by atoms with Gasteiger partial charge in [-0.15, -0.1) is 0 Å². The van der Waals surface area contributed by atoms with Crippen LogP contribution < -0.4 is 4.74 Å². The number of hydrogen-bond donors (Lipinski definition) is 0. The number of nitrogens with zero attached hydrogens (tertiary/aromatic N) is 2. The summed E-state index contributed by atoms with van der Waals surface area (Å²) in [6.45, 7) is 3.34. The molecule has 4 rings (SSSR count). The molecule has 2 aliphatic rings. The van der Waals surface area contributed by atoms with Gasteiger partial charge in [0.15, 0.2) is 0 Å². The van der Waals surface area contributed by atoms with Gasteiger partial charge in [0, 0.05) is 25.5 Å². The molecule has 2 unspecified atom stereocenters. The molecule has 1 aromatic carbocycles. The van der Waals surface area contributed by atoms with E-state index in [0.717, 1.165) is 24.7 Å². The Balaban J connectivity index is 1.25. The van der Waals surface area contributed by atoms with Gasteiger partial charge in [0.25, 0.3) is 0 Å². The van der Waals surface area contributed by atoms with E-state index < -0.39 is 0 Å². The zero-order valence-corrected chi connectivity index (χ0v) is 12.8. The second kappa shape index (κ2) is 6.09. The predicted molar refractivity (Wildman–Crippen MR) is 87.1 cm³/mol. The SMILES string of the molecule is c1cncc(Cc2ccc(OCC3CN3CC3CC3)cc2)c1. The summed E-state index contributed by atoms with van der Waals surface area (Å²) in [7, 11) is 0. The Hall–Kier alpha value is -1.87. The van der Waals surface area contributed by atoms with Gasteiger partial charge in [-0.3, -0.25) is 9.88 Å². The van der Waals surface area contributed by atoms with Gasteiger partial charge in [-0.1, -0.05) is 18.2 Å². The second-order valence-corrected chi connectivity index (χ2v) is 6.54. The van der Waals surface area contributed by atoms with Crippen molar-refractivity contribution in [3.05, 3.63) is 59.9 Å². The highest BCUT2D eigenvalue weighted by Crippen LogP contribution is 2.33. The van der Waals surface area contributed by atoms with Crippen LogP contribution in [0.2, 0.25) is 0 Å². The lowest BCUT2D eigenvalue weighted by atomic mass is 10.1. The van der Waals surface area contributed by atoms with Crippen molar-refractivity contribution in [2.24, 2.45) is 5.92 Å². The average Bonchev–Trinajstić information content (AvgIpc) is 3.47. The molecule has 0 radical (unpaired) electrons. The molecule has 2 fully saturated rings. The molecule has 0 bridgehead atoms. The highest BCUT2D eigenvalue weighted by Gasteiger charge is 2.38. The Labute approximate surface area is 131 Å². The van der Waals surface area contributed by atoms with Gasteiger partial charge in [0.05, 0.1) is 6.04 Å². The normalized spacial score (nSPS) is 23.3. The maximum Gasteiger partial charge on any atom is 0.119 e. The Morgan fingerprint density at radius 3 is 2.68 bits per heavy atom. The van der Waals surface area contributed by atoms with E-state index in [2.05, 4.69) is 40.2 Å². The fourth-order valence-corrected chi connectivity index (χ4v) is 2.87. The molecule has 1 aliphatic carbocycles. The summed E-state index contributed by atoms with van der Waals surface area (Å²) < 4.78 is 5.91. The largest absolute Gasteiger partial charge is 0.492 e. The van der Waals surface area contributed by atoms with Crippen LogP contribution in [0.5, 0.6) is 5.75 Å². The highest BCUT2D eigenvalue weighted by molar-refractivity contribution is 5.30. The van der Waals surface area contributed by atoms with E-state index in [0.29, 0.717) is 6.04 Å². The molecule has 22 heavy (non-hydrogen) atoms. The maximum atomic E-state index is 5.91. The minimum atomic E-state index is 0.649. The topological polar surface area (TPSA) is 25.1 Å². The summed E-state index contributed by atoms with van der Waals surface area (Å²) in [5.41, 5.74) is 2.53. The van der Waals surface area contributed by atoms with E-state index in [4.69, 9.17) is 4.74 Å². The quantitative estimate of drug-likeness (QED) is 0.734. The number of pyridine rings is 1. The third-order valence-electron chi connectivity index (χ3n) is 4.51. The lowest BCUT2D eigenvalue weighted by Crippen LogP contribution is -2.12. The van der Waals surface area contributed by atoms with Crippen LogP contribution in [-0.4, -0.2) is 35.6 Å². The van der Waals surface area contributed by atoms with Gasteiger partial charge in [0.2, 0.25) is 0 Å². The van der Waals surface area contributed by atoms with Crippen LogP contribution in [0, 0.1) is 5.92 Å². The van der Waals surface area contributed by atoms with Crippen molar-refractivity contribution in [1.82, 2.24) is 9.88 Å². The molecule has 3 nitrogen and oxygen atoms in total. The van der Waals surface area contributed by atoms with Crippen molar-refractivity contribution < 1.29 is 4.74 Å². The van der Waals surface area contributed by atoms with E-state index in [1.807, 2.05) is 18.5 Å². The molecular formula is C19H22N2O. The zero-order valence-electron chi connectivity index (χ0n) is 12.8. The first-order valence-electron chi connectivity index (χ1n) is 8.21. The smallest absolute Gasteiger partial charge is 0.119 e. The van der Waals surface area contributed by atoms with Gasteiger partial charge in [-0.2, -0.15) is 0 Å². The van der Waals surface area contributed by atoms with Crippen molar-refractivity contribution in [3.8, 4) is 5.75 Å². The van der Waals surface area contributed by atoms with E-state index in [1.165, 1.54) is 37.1 Å². The van der Waals surface area contributed by atoms with Crippen LogP contribution >= 0.6 is 0 Å². The minimum Gasteiger partial charge on any atom is -0.492 e. The first-order valence-corrected chi connectivity index (χ1v) is 8.21. The fourth-order valence-electron chi connectivity index (χ4n) is 2.87. The molecule has 0 amide bonds. The van der Waals surface area contributed by atoms with Crippen LogP contribution in [-0.2, 0) is 6.42 Å². The molecule has 2 atom stereocenters. The number of rotatable bonds is 7. The number of benzene rings is 1. The average molecular weight is 294 g/mol.